The van der Waals surface area contributed by atoms with Gasteiger partial charge in [0.2, 0.25) is 0 Å². The Balaban J connectivity index is 1.85. The van der Waals surface area contributed by atoms with Gasteiger partial charge in [0.1, 0.15) is 5.75 Å². The van der Waals surface area contributed by atoms with E-state index in [1.807, 2.05) is 37.3 Å². The van der Waals surface area contributed by atoms with E-state index in [9.17, 15) is 4.79 Å². The summed E-state index contributed by atoms with van der Waals surface area (Å²) in [4.78, 5) is 17.0. The van der Waals surface area contributed by atoms with Crippen LogP contribution >= 0.6 is 11.3 Å². The predicted molar refractivity (Wildman–Crippen MR) is 107 cm³/mol. The van der Waals surface area contributed by atoms with Crippen LogP contribution in [0.5, 0.6) is 5.75 Å². The zero-order valence-electron chi connectivity index (χ0n) is 15.4. The van der Waals surface area contributed by atoms with Gasteiger partial charge >= 0.3 is 0 Å². The first-order valence-electron chi connectivity index (χ1n) is 8.61. The first-order chi connectivity index (χ1) is 12.6. The van der Waals surface area contributed by atoms with E-state index in [0.717, 1.165) is 11.5 Å². The van der Waals surface area contributed by atoms with Gasteiger partial charge in [0.25, 0.3) is 5.91 Å². The maximum Gasteiger partial charge on any atom is 0.257 e. The van der Waals surface area contributed by atoms with E-state index in [0.29, 0.717) is 18.8 Å². The van der Waals surface area contributed by atoms with Crippen molar-refractivity contribution in [1.29, 1.82) is 0 Å². The Morgan fingerprint density at radius 2 is 2.12 bits per heavy atom. The third-order valence-electron chi connectivity index (χ3n) is 3.65. The first kappa shape index (κ1) is 19.8. The molecule has 0 fully saturated rings. The van der Waals surface area contributed by atoms with Crippen LogP contribution in [0.4, 0.5) is 0 Å². The third-order valence-corrected chi connectivity index (χ3v) is 4.70. The van der Waals surface area contributed by atoms with Gasteiger partial charge in [-0.05, 0) is 43.0 Å². The van der Waals surface area contributed by atoms with E-state index in [1.54, 1.807) is 18.4 Å². The molecule has 1 aromatic carbocycles. The summed E-state index contributed by atoms with van der Waals surface area (Å²) >= 11 is 1.72. The van der Waals surface area contributed by atoms with Crippen molar-refractivity contribution in [2.45, 2.75) is 26.4 Å². The number of thiophene rings is 1. The minimum absolute atomic E-state index is 0.0201. The van der Waals surface area contributed by atoms with Crippen LogP contribution < -0.4 is 20.7 Å². The molecule has 0 spiro atoms. The quantitative estimate of drug-likeness (QED) is 0.491. The lowest BCUT2D eigenvalue weighted by Crippen LogP contribution is -2.38. The number of likely N-dealkylation sites (N-methyl/N-ethyl adjacent to an activating group) is 1. The molecule has 7 heteroatoms. The lowest BCUT2D eigenvalue weighted by atomic mass is 10.2. The van der Waals surface area contributed by atoms with E-state index >= 15 is 0 Å². The lowest BCUT2D eigenvalue weighted by Gasteiger charge is -2.17. The van der Waals surface area contributed by atoms with Crippen LogP contribution in [0.2, 0.25) is 0 Å². The van der Waals surface area contributed by atoms with E-state index in [-0.39, 0.29) is 18.6 Å². The molecule has 1 atom stereocenters. The van der Waals surface area contributed by atoms with E-state index < -0.39 is 0 Å². The summed E-state index contributed by atoms with van der Waals surface area (Å²) in [6.07, 6.45) is 0. The van der Waals surface area contributed by atoms with Crippen LogP contribution in [0.15, 0.2) is 46.8 Å². The fraction of sp³-hybridized carbons (Fsp3) is 0.368. The van der Waals surface area contributed by atoms with Gasteiger partial charge in [0, 0.05) is 25.0 Å². The largest absolute Gasteiger partial charge is 0.484 e. The fourth-order valence-corrected chi connectivity index (χ4v) is 3.07. The van der Waals surface area contributed by atoms with Crippen LogP contribution in [0.3, 0.4) is 0 Å². The topological polar surface area (TPSA) is 74.8 Å². The second-order valence-corrected chi connectivity index (χ2v) is 6.68. The smallest absolute Gasteiger partial charge is 0.257 e. The minimum atomic E-state index is -0.122. The molecular weight excluding hydrogens is 348 g/mol. The number of hydrogen-bond donors (Lipinski definition) is 3. The summed E-state index contributed by atoms with van der Waals surface area (Å²) in [6, 6.07) is 12.0. The lowest BCUT2D eigenvalue weighted by molar-refractivity contribution is -0.122. The summed E-state index contributed by atoms with van der Waals surface area (Å²) in [5.41, 5.74) is 1.05. The Labute approximate surface area is 158 Å². The average Bonchev–Trinajstić information content (AvgIpc) is 3.19. The number of amides is 1. The number of carbonyl (C=O) groups excluding carboxylic acids is 1. The number of carbonyl (C=O) groups is 1. The molecule has 0 aliphatic rings. The summed E-state index contributed by atoms with van der Waals surface area (Å²) in [5, 5.41) is 11.4. The molecule has 0 saturated heterocycles. The highest BCUT2D eigenvalue weighted by Crippen LogP contribution is 2.18. The molecule has 2 rings (SSSR count). The van der Waals surface area contributed by atoms with Crippen LogP contribution in [-0.4, -0.2) is 32.1 Å². The predicted octanol–water partition coefficient (Wildman–Crippen LogP) is 2.69. The molecule has 6 nitrogen and oxygen atoms in total. The number of rotatable bonds is 8. The Morgan fingerprint density at radius 3 is 2.81 bits per heavy atom. The Morgan fingerprint density at radius 1 is 1.27 bits per heavy atom. The van der Waals surface area contributed by atoms with Crippen molar-refractivity contribution in [3.63, 3.8) is 0 Å². The zero-order chi connectivity index (χ0) is 18.8. The van der Waals surface area contributed by atoms with Crippen molar-refractivity contribution < 1.29 is 9.53 Å². The standard InChI is InChI=1S/C19H26N4O2S/c1-4-21-18(24)13-25-16-8-5-7-15(11-16)12-22-19(20-3)23-14(2)17-9-6-10-26-17/h5-11,14H,4,12-13H2,1-3H3,(H,21,24)(H2,20,22,23). The van der Waals surface area contributed by atoms with Gasteiger partial charge in [-0.15, -0.1) is 11.3 Å². The van der Waals surface area contributed by atoms with E-state index in [2.05, 4.69) is 39.3 Å². The van der Waals surface area contributed by atoms with Crippen molar-refractivity contribution >= 4 is 23.2 Å². The van der Waals surface area contributed by atoms with Crippen molar-refractivity contribution in [3.05, 3.63) is 52.2 Å². The molecular formula is C19H26N4O2S. The highest BCUT2D eigenvalue weighted by Gasteiger charge is 2.08. The van der Waals surface area contributed by atoms with Crippen LogP contribution in [0, 0.1) is 0 Å². The first-order valence-corrected chi connectivity index (χ1v) is 9.49. The summed E-state index contributed by atoms with van der Waals surface area (Å²) in [6.45, 7) is 5.21. The number of ether oxygens (including phenoxy) is 1. The Bertz CT molecular complexity index is 716. The normalized spacial score (nSPS) is 12.3. The second kappa shape index (κ2) is 10.5. The summed E-state index contributed by atoms with van der Waals surface area (Å²) in [7, 11) is 1.75. The number of hydrogen-bond acceptors (Lipinski definition) is 4. The van der Waals surface area contributed by atoms with E-state index in [4.69, 9.17) is 4.74 Å². The number of nitrogens with one attached hydrogen (secondary N) is 3. The Hall–Kier alpha value is -2.54. The van der Waals surface area contributed by atoms with Gasteiger partial charge in [-0.2, -0.15) is 0 Å². The molecule has 0 radical (unpaired) electrons. The van der Waals surface area contributed by atoms with Gasteiger partial charge in [0.15, 0.2) is 12.6 Å². The molecule has 0 aliphatic heterocycles. The average molecular weight is 375 g/mol. The van der Waals surface area contributed by atoms with Crippen molar-refractivity contribution in [1.82, 2.24) is 16.0 Å². The summed E-state index contributed by atoms with van der Waals surface area (Å²) in [5.74, 6) is 1.29. The van der Waals surface area contributed by atoms with Gasteiger partial charge in [-0.1, -0.05) is 18.2 Å². The second-order valence-electron chi connectivity index (χ2n) is 5.70. The molecule has 0 saturated carbocycles. The maximum absolute atomic E-state index is 11.5. The molecule has 0 bridgehead atoms. The van der Waals surface area contributed by atoms with Gasteiger partial charge in [-0.25, -0.2) is 0 Å². The molecule has 1 amide bonds. The highest BCUT2D eigenvalue weighted by molar-refractivity contribution is 7.10. The molecule has 1 heterocycles. The molecule has 0 aliphatic carbocycles. The highest BCUT2D eigenvalue weighted by atomic mass is 32.1. The van der Waals surface area contributed by atoms with E-state index in [1.165, 1.54) is 4.88 Å². The Kier molecular flexibility index (Phi) is 7.95. The van der Waals surface area contributed by atoms with Crippen LogP contribution in [0.1, 0.15) is 30.3 Å². The monoisotopic (exact) mass is 374 g/mol. The molecule has 140 valence electrons. The number of guanidine groups is 1. The molecule has 26 heavy (non-hydrogen) atoms. The van der Waals surface area contributed by atoms with Crippen molar-refractivity contribution in [2.24, 2.45) is 4.99 Å². The van der Waals surface area contributed by atoms with Gasteiger partial charge < -0.3 is 20.7 Å². The van der Waals surface area contributed by atoms with Crippen molar-refractivity contribution in [3.8, 4) is 5.75 Å². The SMILES string of the molecule is CCNC(=O)COc1cccc(CNC(=NC)NC(C)c2cccs2)c1. The molecule has 1 unspecified atom stereocenters. The fourth-order valence-electron chi connectivity index (χ4n) is 2.34. The maximum atomic E-state index is 11.5. The van der Waals surface area contributed by atoms with Crippen LogP contribution in [0.25, 0.3) is 0 Å². The van der Waals surface area contributed by atoms with Gasteiger partial charge in [-0.3, -0.25) is 9.79 Å². The molecule has 3 N–H and O–H groups in total. The number of benzene rings is 1. The number of aliphatic imine (C=N–C) groups is 1. The molecule has 2 aromatic rings. The van der Waals surface area contributed by atoms with Crippen molar-refractivity contribution in [2.75, 3.05) is 20.2 Å². The number of nitrogens with zero attached hydrogens (tertiary/aromatic N) is 1. The zero-order valence-corrected chi connectivity index (χ0v) is 16.2. The van der Waals surface area contributed by atoms with Crippen LogP contribution in [-0.2, 0) is 11.3 Å². The summed E-state index contributed by atoms with van der Waals surface area (Å²) < 4.78 is 5.52. The third kappa shape index (κ3) is 6.40. The van der Waals surface area contributed by atoms with Gasteiger partial charge in [0.05, 0.1) is 6.04 Å². The minimum Gasteiger partial charge on any atom is -0.484 e. The molecule has 1 aromatic heterocycles.